The maximum Gasteiger partial charge on any atom is 0.407 e. The fourth-order valence-electron chi connectivity index (χ4n) is 2.75. The SMILES string of the molecule is CC(C)(C)OC(=O)NCC1CCN(C2=C([N+](=O)[O-])C=C=C=C2F)CC1. The van der Waals surface area contributed by atoms with Crippen molar-refractivity contribution in [3.63, 3.8) is 0 Å². The predicted molar refractivity (Wildman–Crippen MR) is 88.8 cm³/mol. The highest BCUT2D eigenvalue weighted by Crippen LogP contribution is 2.28. The third kappa shape index (κ3) is 5.21. The average Bonchev–Trinajstić information content (AvgIpc) is 2.51. The molecule has 1 heterocycles. The van der Waals surface area contributed by atoms with Crippen molar-refractivity contribution in [3.8, 4) is 0 Å². The van der Waals surface area contributed by atoms with E-state index in [1.54, 1.807) is 25.7 Å². The van der Waals surface area contributed by atoms with Crippen LogP contribution in [0.3, 0.4) is 0 Å². The summed E-state index contributed by atoms with van der Waals surface area (Å²) >= 11 is 0. The van der Waals surface area contributed by atoms with Crippen LogP contribution >= 0.6 is 0 Å². The zero-order valence-corrected chi connectivity index (χ0v) is 14.6. The van der Waals surface area contributed by atoms with Crippen LogP contribution in [0.1, 0.15) is 33.6 Å². The lowest BCUT2D eigenvalue weighted by molar-refractivity contribution is -0.421. The summed E-state index contributed by atoms with van der Waals surface area (Å²) in [5.41, 5.74) is 3.68. The molecule has 1 N–H and O–H groups in total. The van der Waals surface area contributed by atoms with Crippen molar-refractivity contribution >= 4 is 6.09 Å². The maximum absolute atomic E-state index is 14.0. The van der Waals surface area contributed by atoms with Gasteiger partial charge in [-0.25, -0.2) is 4.79 Å². The molecule has 0 unspecified atom stereocenters. The number of nitrogens with one attached hydrogen (secondary N) is 1. The standard InChI is InChI=1S/C17H22FN3O4/c1-17(2,3)25-16(22)19-11-12-7-9-20(10-8-12)15-13(18)5-4-6-14(15)21(23)24/h6,12H,7-11H2,1-3H3,(H,19,22). The fraction of sp³-hybridized carbons (Fsp3) is 0.588. The van der Waals surface area contributed by atoms with Gasteiger partial charge >= 0.3 is 11.8 Å². The molecule has 8 heteroatoms. The van der Waals surface area contributed by atoms with E-state index in [0.29, 0.717) is 32.5 Å². The number of ether oxygens (including phenoxy) is 1. The van der Waals surface area contributed by atoms with Gasteiger partial charge in [0.25, 0.3) is 0 Å². The second-order valence-electron chi connectivity index (χ2n) is 7.03. The Labute approximate surface area is 145 Å². The zero-order valence-electron chi connectivity index (χ0n) is 14.6. The van der Waals surface area contributed by atoms with Crippen LogP contribution in [0.4, 0.5) is 9.18 Å². The molecule has 0 radical (unpaired) electrons. The molecule has 0 bridgehead atoms. The first-order chi connectivity index (χ1) is 11.7. The van der Waals surface area contributed by atoms with E-state index in [2.05, 4.69) is 16.8 Å². The van der Waals surface area contributed by atoms with Gasteiger partial charge in [-0.2, -0.15) is 4.39 Å². The maximum atomic E-state index is 14.0. The van der Waals surface area contributed by atoms with Crippen molar-refractivity contribution in [1.29, 1.82) is 0 Å². The molecule has 0 aromatic heterocycles. The molecule has 1 amide bonds. The molecule has 1 fully saturated rings. The lowest BCUT2D eigenvalue weighted by atomic mass is 9.96. The van der Waals surface area contributed by atoms with Crippen LogP contribution < -0.4 is 5.32 Å². The topological polar surface area (TPSA) is 84.7 Å². The monoisotopic (exact) mass is 351 g/mol. The number of carbonyl (C=O) groups excluding carboxylic acids is 1. The first kappa shape index (κ1) is 18.8. The number of rotatable bonds is 4. The van der Waals surface area contributed by atoms with E-state index >= 15 is 0 Å². The number of allylic oxidation sites excluding steroid dienone is 2. The second-order valence-corrected chi connectivity index (χ2v) is 7.03. The van der Waals surface area contributed by atoms with Gasteiger partial charge in [0, 0.05) is 19.6 Å². The van der Waals surface area contributed by atoms with E-state index in [9.17, 15) is 19.3 Å². The average molecular weight is 351 g/mol. The van der Waals surface area contributed by atoms with Gasteiger partial charge < -0.3 is 15.0 Å². The quantitative estimate of drug-likeness (QED) is 0.478. The molecule has 25 heavy (non-hydrogen) atoms. The minimum Gasteiger partial charge on any atom is -0.444 e. The molecule has 1 aliphatic heterocycles. The summed E-state index contributed by atoms with van der Waals surface area (Å²) in [6.45, 7) is 6.77. The molecule has 0 aromatic rings. The van der Waals surface area contributed by atoms with Crippen LogP contribution in [-0.4, -0.2) is 41.2 Å². The highest BCUT2D eigenvalue weighted by Gasteiger charge is 2.30. The van der Waals surface area contributed by atoms with Crippen LogP contribution in [0.5, 0.6) is 0 Å². The first-order valence-corrected chi connectivity index (χ1v) is 8.15. The second kappa shape index (κ2) is 7.55. The van der Waals surface area contributed by atoms with Crippen LogP contribution in [0, 0.1) is 16.0 Å². The van der Waals surface area contributed by atoms with E-state index in [1.165, 1.54) is 0 Å². The predicted octanol–water partition coefficient (Wildman–Crippen LogP) is 2.89. The Hall–Kier alpha value is -2.56. The number of halogens is 1. The third-order valence-corrected chi connectivity index (χ3v) is 3.90. The molecule has 0 spiro atoms. The smallest absolute Gasteiger partial charge is 0.407 e. The largest absolute Gasteiger partial charge is 0.444 e. The Kier molecular flexibility index (Phi) is 5.67. The summed E-state index contributed by atoms with van der Waals surface area (Å²) in [6.07, 6.45) is 2.04. The Bertz CT molecular complexity index is 687. The van der Waals surface area contributed by atoms with Gasteiger partial charge in [0.1, 0.15) is 5.60 Å². The lowest BCUT2D eigenvalue weighted by Gasteiger charge is -2.34. The van der Waals surface area contributed by atoms with Gasteiger partial charge in [-0.3, -0.25) is 10.1 Å². The summed E-state index contributed by atoms with van der Waals surface area (Å²) in [4.78, 5) is 23.8. The van der Waals surface area contributed by atoms with Crippen LogP contribution in [0.25, 0.3) is 0 Å². The van der Waals surface area contributed by atoms with Crippen molar-refractivity contribution in [2.75, 3.05) is 19.6 Å². The number of amides is 1. The minimum atomic E-state index is -0.764. The normalized spacial score (nSPS) is 18.2. The molecule has 2 rings (SSSR count). The Balaban J connectivity index is 1.90. The van der Waals surface area contributed by atoms with Gasteiger partial charge in [0.2, 0.25) is 5.83 Å². The highest BCUT2D eigenvalue weighted by atomic mass is 19.1. The zero-order chi connectivity index (χ0) is 18.6. The third-order valence-electron chi connectivity index (χ3n) is 3.90. The lowest BCUT2D eigenvalue weighted by Crippen LogP contribution is -2.40. The van der Waals surface area contributed by atoms with Gasteiger partial charge in [0.05, 0.1) is 11.0 Å². The Morgan fingerprint density at radius 3 is 2.68 bits per heavy atom. The van der Waals surface area contributed by atoms with Crippen molar-refractivity contribution in [2.24, 2.45) is 5.92 Å². The number of piperidine rings is 1. The minimum absolute atomic E-state index is 0.0395. The molecular weight excluding hydrogens is 329 g/mol. The van der Waals surface area contributed by atoms with Gasteiger partial charge in [-0.05, 0) is 45.3 Å². The summed E-state index contributed by atoms with van der Waals surface area (Å²) in [7, 11) is 0. The summed E-state index contributed by atoms with van der Waals surface area (Å²) in [5, 5.41) is 13.8. The van der Waals surface area contributed by atoms with Crippen LogP contribution in [0.2, 0.25) is 0 Å². The summed E-state index contributed by atoms with van der Waals surface area (Å²) in [6, 6.07) is 0. The van der Waals surface area contributed by atoms with Crippen molar-refractivity contribution in [3.05, 3.63) is 44.9 Å². The fourth-order valence-corrected chi connectivity index (χ4v) is 2.75. The van der Waals surface area contributed by atoms with E-state index in [0.717, 1.165) is 6.08 Å². The molecular formula is C17H22FN3O4. The van der Waals surface area contributed by atoms with Gasteiger partial charge in [0.15, 0.2) is 5.70 Å². The molecule has 2 aliphatic rings. The van der Waals surface area contributed by atoms with E-state index < -0.39 is 22.4 Å². The first-order valence-electron chi connectivity index (χ1n) is 8.15. The number of hydrogen-bond acceptors (Lipinski definition) is 5. The molecule has 0 aromatic carbocycles. The molecule has 1 aliphatic carbocycles. The van der Waals surface area contributed by atoms with Crippen LogP contribution in [-0.2, 0) is 4.74 Å². The number of carbonyl (C=O) groups is 1. The number of nitrogens with zero attached hydrogens (tertiary/aromatic N) is 2. The Morgan fingerprint density at radius 1 is 1.48 bits per heavy atom. The van der Waals surface area contributed by atoms with Crippen LogP contribution in [0.15, 0.2) is 34.8 Å². The van der Waals surface area contributed by atoms with Crippen molar-refractivity contribution in [1.82, 2.24) is 10.2 Å². The molecule has 0 saturated carbocycles. The number of likely N-dealkylation sites (tertiary alicyclic amines) is 1. The van der Waals surface area contributed by atoms with Crippen molar-refractivity contribution in [2.45, 2.75) is 39.2 Å². The van der Waals surface area contributed by atoms with E-state index in [-0.39, 0.29) is 17.3 Å². The summed E-state index contributed by atoms with van der Waals surface area (Å²) in [5.74, 6) is -0.551. The Morgan fingerprint density at radius 2 is 2.12 bits per heavy atom. The number of hydrogen-bond donors (Lipinski definition) is 1. The molecule has 1 saturated heterocycles. The van der Waals surface area contributed by atoms with E-state index in [4.69, 9.17) is 4.74 Å². The highest BCUT2D eigenvalue weighted by molar-refractivity contribution is 5.67. The van der Waals surface area contributed by atoms with Gasteiger partial charge in [-0.1, -0.05) is 5.73 Å². The molecule has 7 nitrogen and oxygen atoms in total. The molecule has 136 valence electrons. The number of nitro groups is 1. The van der Waals surface area contributed by atoms with Gasteiger partial charge in [-0.15, -0.1) is 0 Å². The summed E-state index contributed by atoms with van der Waals surface area (Å²) < 4.78 is 19.2. The van der Waals surface area contributed by atoms with Crippen molar-refractivity contribution < 1.29 is 18.8 Å². The molecule has 0 atom stereocenters. The number of alkyl carbamates (subject to hydrolysis) is 1. The van der Waals surface area contributed by atoms with E-state index in [1.807, 2.05) is 0 Å².